The maximum atomic E-state index is 5.86. The number of rotatable bonds is 10. The van der Waals surface area contributed by atoms with E-state index in [4.69, 9.17) is 33.9 Å². The predicted molar refractivity (Wildman–Crippen MR) is 237 cm³/mol. The molecule has 53 heavy (non-hydrogen) atoms. The minimum Gasteiger partial charge on any atom is -0.494 e. The predicted octanol–water partition coefficient (Wildman–Crippen LogP) is 14.3. The zero-order chi connectivity index (χ0) is 35.9. The van der Waals surface area contributed by atoms with Gasteiger partial charge >= 0.3 is 0 Å². The molecule has 264 valence electrons. The van der Waals surface area contributed by atoms with Gasteiger partial charge in [0.1, 0.15) is 18.1 Å². The zero-order valence-corrected chi connectivity index (χ0v) is 31.1. The Kier molecular flexibility index (Phi) is 12.3. The van der Waals surface area contributed by atoms with Crippen molar-refractivity contribution in [3.05, 3.63) is 158 Å². The van der Waals surface area contributed by atoms with Crippen LogP contribution in [0, 0.1) is 0 Å². The van der Waals surface area contributed by atoms with E-state index >= 15 is 0 Å². The highest BCUT2D eigenvalue weighted by Crippen LogP contribution is 2.38. The summed E-state index contributed by atoms with van der Waals surface area (Å²) >= 11 is 10.2. The van der Waals surface area contributed by atoms with Crippen molar-refractivity contribution in [2.24, 2.45) is 0 Å². The van der Waals surface area contributed by atoms with Gasteiger partial charge in [-0.1, -0.05) is 153 Å². The topological polar surface area (TPSA) is 18.5 Å². The van der Waals surface area contributed by atoms with E-state index in [0.29, 0.717) is 13.2 Å². The lowest BCUT2D eigenvalue weighted by atomic mass is 9.92. The summed E-state index contributed by atoms with van der Waals surface area (Å²) in [5.41, 5.74) is 4.96. The number of ether oxygens (including phenoxy) is 2. The maximum absolute atomic E-state index is 5.86. The summed E-state index contributed by atoms with van der Waals surface area (Å²) in [6.07, 6.45) is 1.90. The standard InChI is InChI=1S/C25H22OS.C23H18OS.CH4/c1-18(27)7-6-16-26-22-14-12-19(13-15-22)25-23-10-4-2-8-20(23)17-21-9-3-5-11-24(21)25;1-16(25)15-24-20-12-10-17(11-13-20)23-21-8-4-2-6-18(21)14-19-7-3-5-9-22(19)23;/h2-5,8-15,17H,6-7,16H2,1H3;2-14H,15H2,1H3;1H4. The highest BCUT2D eigenvalue weighted by molar-refractivity contribution is 7.80. The molecule has 0 N–H and O–H groups in total. The lowest BCUT2D eigenvalue weighted by molar-refractivity contribution is 0.314. The minimum absolute atomic E-state index is 0. The molecule has 0 saturated carbocycles. The Morgan fingerprint density at radius 1 is 0.453 bits per heavy atom. The van der Waals surface area contributed by atoms with Crippen molar-refractivity contribution in [1.82, 2.24) is 0 Å². The molecule has 8 aromatic carbocycles. The van der Waals surface area contributed by atoms with Crippen LogP contribution in [0.2, 0.25) is 0 Å². The smallest absolute Gasteiger partial charge is 0.119 e. The highest BCUT2D eigenvalue weighted by atomic mass is 32.1. The van der Waals surface area contributed by atoms with Crippen LogP contribution in [-0.2, 0) is 0 Å². The van der Waals surface area contributed by atoms with Crippen molar-refractivity contribution >= 4 is 77.3 Å². The van der Waals surface area contributed by atoms with Crippen LogP contribution in [0.1, 0.15) is 34.1 Å². The van der Waals surface area contributed by atoms with E-state index in [1.807, 2.05) is 26.0 Å². The molecule has 0 amide bonds. The first-order valence-electron chi connectivity index (χ1n) is 17.7. The molecule has 0 aliphatic carbocycles. The normalized spacial score (nSPS) is 10.8. The molecule has 4 heteroatoms. The van der Waals surface area contributed by atoms with Crippen molar-refractivity contribution in [3.8, 4) is 33.8 Å². The second-order valence-corrected chi connectivity index (χ2v) is 14.5. The van der Waals surface area contributed by atoms with Crippen LogP contribution >= 0.6 is 24.4 Å². The summed E-state index contributed by atoms with van der Waals surface area (Å²) in [6, 6.07) is 55.5. The van der Waals surface area contributed by atoms with Gasteiger partial charge in [-0.2, -0.15) is 0 Å². The van der Waals surface area contributed by atoms with Crippen LogP contribution in [0.4, 0.5) is 0 Å². The molecule has 0 aromatic heterocycles. The molecule has 0 aliphatic rings. The zero-order valence-electron chi connectivity index (χ0n) is 29.5. The van der Waals surface area contributed by atoms with Gasteiger partial charge in [-0.05, 0) is 133 Å². The fourth-order valence-electron chi connectivity index (χ4n) is 6.78. The van der Waals surface area contributed by atoms with E-state index in [-0.39, 0.29) is 7.43 Å². The van der Waals surface area contributed by atoms with Crippen molar-refractivity contribution in [2.75, 3.05) is 13.2 Å². The van der Waals surface area contributed by atoms with E-state index in [9.17, 15) is 0 Å². The Bertz CT molecular complexity index is 2410. The number of hydrogen-bond acceptors (Lipinski definition) is 4. The average Bonchev–Trinajstić information content (AvgIpc) is 3.17. The molecule has 0 bridgehead atoms. The Balaban J connectivity index is 0.000000178. The Hall–Kier alpha value is -5.42. The fraction of sp³-hybridized carbons (Fsp3) is 0.143. The number of hydrogen-bond donors (Lipinski definition) is 0. The van der Waals surface area contributed by atoms with Gasteiger partial charge in [-0.3, -0.25) is 0 Å². The molecule has 0 spiro atoms. The quantitative estimate of drug-likeness (QED) is 0.0792. The molecule has 0 heterocycles. The number of benzene rings is 8. The van der Waals surface area contributed by atoms with Crippen LogP contribution in [0.25, 0.3) is 65.3 Å². The van der Waals surface area contributed by atoms with Gasteiger partial charge in [0.25, 0.3) is 0 Å². The fourth-order valence-corrected chi connectivity index (χ4v) is 6.98. The average molecular weight is 729 g/mol. The number of fused-ring (bicyclic) bond motifs is 4. The van der Waals surface area contributed by atoms with Crippen LogP contribution in [0.5, 0.6) is 11.5 Å². The van der Waals surface area contributed by atoms with Crippen molar-refractivity contribution in [3.63, 3.8) is 0 Å². The largest absolute Gasteiger partial charge is 0.494 e. The van der Waals surface area contributed by atoms with Crippen LogP contribution < -0.4 is 9.47 Å². The first kappa shape index (κ1) is 37.3. The Morgan fingerprint density at radius 2 is 0.811 bits per heavy atom. The first-order chi connectivity index (χ1) is 25.4. The third kappa shape index (κ3) is 8.80. The lowest BCUT2D eigenvalue weighted by Gasteiger charge is -2.13. The molecule has 2 nitrogen and oxygen atoms in total. The summed E-state index contributed by atoms with van der Waals surface area (Å²) in [6.45, 7) is 5.06. The third-order valence-electron chi connectivity index (χ3n) is 9.21. The molecule has 0 radical (unpaired) electrons. The van der Waals surface area contributed by atoms with Crippen LogP contribution in [0.3, 0.4) is 0 Å². The van der Waals surface area contributed by atoms with E-state index in [1.54, 1.807) is 0 Å². The van der Waals surface area contributed by atoms with E-state index in [1.165, 1.54) is 65.3 Å². The molecule has 0 atom stereocenters. The van der Waals surface area contributed by atoms with Gasteiger partial charge in [-0.15, -0.1) is 0 Å². The number of thiocarbonyl (C=S) groups is 2. The molecular weight excluding hydrogens is 685 g/mol. The Morgan fingerprint density at radius 3 is 1.17 bits per heavy atom. The van der Waals surface area contributed by atoms with E-state index in [0.717, 1.165) is 34.1 Å². The maximum Gasteiger partial charge on any atom is 0.119 e. The van der Waals surface area contributed by atoms with Gasteiger partial charge in [0.05, 0.1) is 6.61 Å². The summed E-state index contributed by atoms with van der Waals surface area (Å²) < 4.78 is 11.6. The molecule has 0 fully saturated rings. The molecule has 0 aliphatic heterocycles. The van der Waals surface area contributed by atoms with E-state index < -0.39 is 0 Å². The van der Waals surface area contributed by atoms with Gasteiger partial charge in [0, 0.05) is 4.86 Å². The van der Waals surface area contributed by atoms with Crippen molar-refractivity contribution < 1.29 is 9.47 Å². The van der Waals surface area contributed by atoms with Gasteiger partial charge in [0.2, 0.25) is 0 Å². The summed E-state index contributed by atoms with van der Waals surface area (Å²) in [7, 11) is 0. The molecule has 0 unspecified atom stereocenters. The minimum atomic E-state index is 0. The molecular formula is C49H44O2S2. The molecule has 8 aromatic rings. The van der Waals surface area contributed by atoms with Crippen LogP contribution in [-0.4, -0.2) is 22.9 Å². The van der Waals surface area contributed by atoms with Crippen molar-refractivity contribution in [2.45, 2.75) is 34.1 Å². The third-order valence-corrected chi connectivity index (χ3v) is 9.53. The van der Waals surface area contributed by atoms with Gasteiger partial charge < -0.3 is 9.47 Å². The molecule has 8 rings (SSSR count). The summed E-state index contributed by atoms with van der Waals surface area (Å²) in [4.78, 5) is 1.89. The second kappa shape index (κ2) is 17.4. The van der Waals surface area contributed by atoms with Gasteiger partial charge in [0.15, 0.2) is 0 Å². The van der Waals surface area contributed by atoms with Crippen LogP contribution in [0.15, 0.2) is 158 Å². The summed E-state index contributed by atoms with van der Waals surface area (Å²) in [5, 5.41) is 10.1. The van der Waals surface area contributed by atoms with Gasteiger partial charge in [-0.25, -0.2) is 0 Å². The second-order valence-electron chi connectivity index (χ2n) is 13.1. The monoisotopic (exact) mass is 728 g/mol. The first-order valence-corrected chi connectivity index (χ1v) is 18.5. The Labute approximate surface area is 324 Å². The van der Waals surface area contributed by atoms with E-state index in [2.05, 4.69) is 146 Å². The lowest BCUT2D eigenvalue weighted by Crippen LogP contribution is -2.04. The molecule has 0 saturated heterocycles. The SMILES string of the molecule is C.CC(=S)CCCOc1ccc(-c2c3ccccc3cc3ccccc23)cc1.CC(=S)COc1ccc(-c2c3ccccc3cc3ccccc23)cc1. The summed E-state index contributed by atoms with van der Waals surface area (Å²) in [5.74, 6) is 1.75. The van der Waals surface area contributed by atoms with Crippen molar-refractivity contribution in [1.29, 1.82) is 0 Å². The highest BCUT2D eigenvalue weighted by Gasteiger charge is 2.11.